The molecule has 2 rings (SSSR count). The molecule has 0 N–H and O–H groups in total. The molecular weight excluding hydrogens is 230 g/mol. The second-order valence-corrected chi connectivity index (χ2v) is 4.33. The van der Waals surface area contributed by atoms with E-state index < -0.39 is 4.92 Å². The highest BCUT2D eigenvalue weighted by molar-refractivity contribution is 5.60. The minimum atomic E-state index is -0.524. The largest absolute Gasteiger partial charge is 0.367 e. The van der Waals surface area contributed by atoms with Gasteiger partial charge >= 0.3 is 0 Å². The first kappa shape index (κ1) is 12.1. The predicted molar refractivity (Wildman–Crippen MR) is 68.4 cm³/mol. The van der Waals surface area contributed by atoms with Gasteiger partial charge in [0.25, 0.3) is 5.69 Å². The lowest BCUT2D eigenvalue weighted by Gasteiger charge is -2.28. The molecule has 1 aromatic carbocycles. The first-order chi connectivity index (χ1) is 8.61. The van der Waals surface area contributed by atoms with Crippen LogP contribution in [0.3, 0.4) is 0 Å². The van der Waals surface area contributed by atoms with Crippen molar-refractivity contribution in [2.75, 3.05) is 18.0 Å². The third-order valence-corrected chi connectivity index (χ3v) is 2.99. The Hall–Kier alpha value is -2.35. The standard InChI is InChI=1S/C13H13N3O2/c1-10-3-2-6-15(9-10)12-4-5-13(16(17)18)11(7-12)8-14/h3-5,7H,2,6,9H2,1H3. The van der Waals surface area contributed by atoms with E-state index in [4.69, 9.17) is 5.26 Å². The number of hydrogen-bond acceptors (Lipinski definition) is 4. The SMILES string of the molecule is CC1=CCCN(c2ccc([N+](=O)[O-])c(C#N)c2)C1. The van der Waals surface area contributed by atoms with Gasteiger partial charge in [-0.1, -0.05) is 11.6 Å². The highest BCUT2D eigenvalue weighted by Gasteiger charge is 2.17. The van der Waals surface area contributed by atoms with Crippen LogP contribution >= 0.6 is 0 Å². The molecule has 0 radical (unpaired) electrons. The van der Waals surface area contributed by atoms with Gasteiger partial charge in [0.15, 0.2) is 0 Å². The van der Waals surface area contributed by atoms with E-state index in [1.165, 1.54) is 11.6 Å². The molecule has 0 amide bonds. The number of hydrogen-bond donors (Lipinski definition) is 0. The van der Waals surface area contributed by atoms with E-state index in [9.17, 15) is 10.1 Å². The summed E-state index contributed by atoms with van der Waals surface area (Å²) in [5.74, 6) is 0. The van der Waals surface area contributed by atoms with Gasteiger partial charge < -0.3 is 4.90 Å². The molecule has 18 heavy (non-hydrogen) atoms. The van der Waals surface area contributed by atoms with Crippen molar-refractivity contribution >= 4 is 11.4 Å². The molecule has 0 bridgehead atoms. The fourth-order valence-electron chi connectivity index (χ4n) is 2.10. The smallest absolute Gasteiger partial charge is 0.287 e. The number of anilines is 1. The zero-order valence-electron chi connectivity index (χ0n) is 10.1. The van der Waals surface area contributed by atoms with E-state index >= 15 is 0 Å². The lowest BCUT2D eigenvalue weighted by Crippen LogP contribution is -2.29. The monoisotopic (exact) mass is 243 g/mol. The van der Waals surface area contributed by atoms with Crippen molar-refractivity contribution < 1.29 is 4.92 Å². The molecule has 1 aromatic rings. The van der Waals surface area contributed by atoms with E-state index in [0.29, 0.717) is 0 Å². The maximum Gasteiger partial charge on any atom is 0.287 e. The fourth-order valence-corrected chi connectivity index (χ4v) is 2.10. The Morgan fingerprint density at radius 3 is 2.89 bits per heavy atom. The Morgan fingerprint density at radius 1 is 1.50 bits per heavy atom. The number of nitriles is 1. The predicted octanol–water partition coefficient (Wildman–Crippen LogP) is 2.62. The maximum absolute atomic E-state index is 10.8. The van der Waals surface area contributed by atoms with Gasteiger partial charge in [-0.3, -0.25) is 10.1 Å². The Labute approximate surface area is 105 Å². The Morgan fingerprint density at radius 2 is 2.28 bits per heavy atom. The summed E-state index contributed by atoms with van der Waals surface area (Å²) in [6.45, 7) is 3.74. The van der Waals surface area contributed by atoms with Crippen molar-refractivity contribution in [1.29, 1.82) is 5.26 Å². The van der Waals surface area contributed by atoms with Gasteiger partial charge in [0, 0.05) is 24.8 Å². The third-order valence-electron chi connectivity index (χ3n) is 2.99. The topological polar surface area (TPSA) is 70.2 Å². The lowest BCUT2D eigenvalue weighted by atomic mass is 10.1. The fraction of sp³-hybridized carbons (Fsp3) is 0.308. The van der Waals surface area contributed by atoms with Gasteiger partial charge in [0.1, 0.15) is 11.6 Å². The van der Waals surface area contributed by atoms with Gasteiger partial charge in [-0.05, 0) is 25.5 Å². The van der Waals surface area contributed by atoms with Crippen molar-refractivity contribution in [1.82, 2.24) is 0 Å². The summed E-state index contributed by atoms with van der Waals surface area (Å²) in [6.07, 6.45) is 3.15. The average molecular weight is 243 g/mol. The van der Waals surface area contributed by atoms with Crippen molar-refractivity contribution in [3.63, 3.8) is 0 Å². The quantitative estimate of drug-likeness (QED) is 0.455. The van der Waals surface area contributed by atoms with Gasteiger partial charge in [0.2, 0.25) is 0 Å². The molecule has 0 saturated heterocycles. The lowest BCUT2D eigenvalue weighted by molar-refractivity contribution is -0.385. The number of nitrogens with zero attached hydrogens (tertiary/aromatic N) is 3. The summed E-state index contributed by atoms with van der Waals surface area (Å²) in [6, 6.07) is 6.59. The van der Waals surface area contributed by atoms with E-state index in [-0.39, 0.29) is 11.3 Å². The molecule has 0 fully saturated rings. The van der Waals surface area contributed by atoms with Gasteiger partial charge in [0.05, 0.1) is 4.92 Å². The van der Waals surface area contributed by atoms with Crippen LogP contribution in [0.4, 0.5) is 11.4 Å². The number of rotatable bonds is 2. The molecule has 1 aliphatic heterocycles. The Bertz CT molecular complexity index is 558. The molecule has 1 aliphatic rings. The van der Waals surface area contributed by atoms with Crippen LogP contribution < -0.4 is 4.90 Å². The van der Waals surface area contributed by atoms with Crippen LogP contribution in [0.1, 0.15) is 18.9 Å². The molecule has 0 aliphatic carbocycles. The first-order valence-electron chi connectivity index (χ1n) is 5.71. The first-order valence-corrected chi connectivity index (χ1v) is 5.71. The summed E-state index contributed by atoms with van der Waals surface area (Å²) in [7, 11) is 0. The summed E-state index contributed by atoms with van der Waals surface area (Å²) >= 11 is 0. The molecule has 0 spiro atoms. The van der Waals surface area contributed by atoms with E-state index in [1.807, 2.05) is 6.07 Å². The zero-order valence-corrected chi connectivity index (χ0v) is 10.1. The molecule has 0 atom stereocenters. The molecule has 5 nitrogen and oxygen atoms in total. The average Bonchev–Trinajstić information content (AvgIpc) is 2.37. The van der Waals surface area contributed by atoms with Crippen LogP contribution in [0.5, 0.6) is 0 Å². The Kier molecular flexibility index (Phi) is 3.28. The molecule has 0 unspecified atom stereocenters. The second-order valence-electron chi connectivity index (χ2n) is 4.33. The zero-order chi connectivity index (χ0) is 13.1. The van der Waals surface area contributed by atoms with Gasteiger partial charge in [-0.15, -0.1) is 0 Å². The minimum Gasteiger partial charge on any atom is -0.367 e. The van der Waals surface area contributed by atoms with Crippen molar-refractivity contribution in [3.8, 4) is 6.07 Å². The van der Waals surface area contributed by atoms with E-state index in [2.05, 4.69) is 17.9 Å². The number of nitro benzene ring substituents is 1. The molecule has 5 heteroatoms. The summed E-state index contributed by atoms with van der Waals surface area (Å²) in [5, 5.41) is 19.7. The molecule has 0 saturated carbocycles. The highest BCUT2D eigenvalue weighted by Crippen LogP contribution is 2.26. The van der Waals surface area contributed by atoms with E-state index in [1.54, 1.807) is 12.1 Å². The van der Waals surface area contributed by atoms with Crippen molar-refractivity contribution in [3.05, 3.63) is 45.5 Å². The summed E-state index contributed by atoms with van der Waals surface area (Å²) in [4.78, 5) is 12.4. The number of benzene rings is 1. The molecular formula is C13H13N3O2. The number of nitro groups is 1. The van der Waals surface area contributed by atoms with Crippen LogP contribution in [0.2, 0.25) is 0 Å². The molecule has 1 heterocycles. The molecule has 92 valence electrons. The summed E-state index contributed by atoms with van der Waals surface area (Å²) in [5.41, 5.74) is 2.12. The summed E-state index contributed by atoms with van der Waals surface area (Å²) < 4.78 is 0. The van der Waals surface area contributed by atoms with Crippen molar-refractivity contribution in [2.45, 2.75) is 13.3 Å². The van der Waals surface area contributed by atoms with Gasteiger partial charge in [-0.25, -0.2) is 0 Å². The van der Waals surface area contributed by atoms with Crippen LogP contribution in [-0.2, 0) is 0 Å². The minimum absolute atomic E-state index is 0.115. The van der Waals surface area contributed by atoms with Gasteiger partial charge in [-0.2, -0.15) is 5.26 Å². The van der Waals surface area contributed by atoms with Crippen LogP contribution in [0, 0.1) is 21.4 Å². The highest BCUT2D eigenvalue weighted by atomic mass is 16.6. The van der Waals surface area contributed by atoms with Crippen LogP contribution in [-0.4, -0.2) is 18.0 Å². The van der Waals surface area contributed by atoms with Crippen LogP contribution in [0.25, 0.3) is 0 Å². The third kappa shape index (κ3) is 2.33. The maximum atomic E-state index is 10.8. The second kappa shape index (κ2) is 4.88. The van der Waals surface area contributed by atoms with Crippen LogP contribution in [0.15, 0.2) is 29.8 Å². The van der Waals surface area contributed by atoms with E-state index in [0.717, 1.165) is 25.2 Å². The Balaban J connectivity index is 2.34. The van der Waals surface area contributed by atoms with Crippen molar-refractivity contribution in [2.24, 2.45) is 0 Å². The normalized spacial score (nSPS) is 14.9. The molecule has 0 aromatic heterocycles.